The molecular formula is C11H6ClF9O. The Hall–Kier alpha value is -1.16. The summed E-state index contributed by atoms with van der Waals surface area (Å²) < 4.78 is 115. The van der Waals surface area contributed by atoms with Gasteiger partial charge in [-0.15, -0.1) is 0 Å². The Morgan fingerprint density at radius 1 is 0.818 bits per heavy atom. The number of aliphatic hydroxyl groups is 1. The summed E-state index contributed by atoms with van der Waals surface area (Å²) in [6.07, 6.45) is -24.5. The van der Waals surface area contributed by atoms with Crippen LogP contribution in [0, 0.1) is 5.41 Å². The lowest BCUT2D eigenvalue weighted by atomic mass is 9.76. The van der Waals surface area contributed by atoms with Gasteiger partial charge in [-0.2, -0.15) is 39.5 Å². The van der Waals surface area contributed by atoms with Crippen molar-refractivity contribution in [3.8, 4) is 0 Å². The average Bonchev–Trinajstić information content (AvgIpc) is 2.23. The predicted molar refractivity (Wildman–Crippen MR) is 57.0 cm³/mol. The highest BCUT2D eigenvalue weighted by Gasteiger charge is 2.86. The number of benzene rings is 1. The van der Waals surface area contributed by atoms with Crippen molar-refractivity contribution in [1.29, 1.82) is 0 Å². The number of halogens is 10. The third-order valence-electron chi connectivity index (χ3n) is 2.92. The fourth-order valence-electron chi connectivity index (χ4n) is 1.87. The monoisotopic (exact) mass is 360 g/mol. The van der Waals surface area contributed by atoms with E-state index in [1.54, 1.807) is 0 Å². The van der Waals surface area contributed by atoms with Crippen LogP contribution in [0.15, 0.2) is 24.3 Å². The molecule has 0 heterocycles. The van der Waals surface area contributed by atoms with Crippen molar-refractivity contribution in [2.45, 2.75) is 24.6 Å². The van der Waals surface area contributed by atoms with Crippen LogP contribution in [-0.4, -0.2) is 23.6 Å². The maximum atomic E-state index is 12.8. The molecule has 1 aromatic carbocycles. The van der Waals surface area contributed by atoms with Crippen LogP contribution in [0.5, 0.6) is 0 Å². The van der Waals surface area contributed by atoms with Crippen LogP contribution in [0.3, 0.4) is 0 Å². The topological polar surface area (TPSA) is 20.2 Å². The molecule has 1 N–H and O–H groups in total. The van der Waals surface area contributed by atoms with E-state index in [1.807, 2.05) is 0 Å². The summed E-state index contributed by atoms with van der Waals surface area (Å²) in [6.45, 7) is 0. The van der Waals surface area contributed by atoms with Gasteiger partial charge in [0.2, 0.25) is 0 Å². The van der Waals surface area contributed by atoms with Gasteiger partial charge in [0.25, 0.3) is 5.41 Å². The van der Waals surface area contributed by atoms with Gasteiger partial charge < -0.3 is 5.11 Å². The molecule has 22 heavy (non-hydrogen) atoms. The zero-order chi connectivity index (χ0) is 17.6. The smallest absolute Gasteiger partial charge is 0.387 e. The van der Waals surface area contributed by atoms with Gasteiger partial charge in [-0.1, -0.05) is 23.7 Å². The minimum atomic E-state index is -6.84. The number of alkyl halides is 9. The number of rotatable bonds is 2. The van der Waals surface area contributed by atoms with E-state index in [2.05, 4.69) is 0 Å². The quantitative estimate of drug-likeness (QED) is 0.732. The van der Waals surface area contributed by atoms with Crippen LogP contribution in [0.2, 0.25) is 5.02 Å². The van der Waals surface area contributed by atoms with E-state index in [0.717, 1.165) is 12.1 Å². The Morgan fingerprint density at radius 2 is 1.23 bits per heavy atom. The van der Waals surface area contributed by atoms with Crippen molar-refractivity contribution in [1.82, 2.24) is 0 Å². The van der Waals surface area contributed by atoms with Crippen molar-refractivity contribution in [2.75, 3.05) is 0 Å². The fraction of sp³-hybridized carbons (Fsp3) is 0.455. The van der Waals surface area contributed by atoms with Crippen LogP contribution >= 0.6 is 11.6 Å². The predicted octanol–water partition coefficient (Wildman–Crippen LogP) is 5.05. The Morgan fingerprint density at radius 3 is 1.55 bits per heavy atom. The summed E-state index contributed by atoms with van der Waals surface area (Å²) in [5.74, 6) is 0. The van der Waals surface area contributed by atoms with E-state index in [9.17, 15) is 44.6 Å². The zero-order valence-electron chi connectivity index (χ0n) is 10.1. The molecular weight excluding hydrogens is 355 g/mol. The Kier molecular flexibility index (Phi) is 4.71. The molecule has 1 nitrogen and oxygen atoms in total. The maximum Gasteiger partial charge on any atom is 0.415 e. The third-order valence-corrected chi connectivity index (χ3v) is 3.15. The molecule has 0 aliphatic heterocycles. The van der Waals surface area contributed by atoms with Gasteiger partial charge in [-0.25, -0.2) is 0 Å². The molecule has 0 spiro atoms. The summed E-state index contributed by atoms with van der Waals surface area (Å²) in [4.78, 5) is 0. The average molecular weight is 361 g/mol. The molecule has 0 aromatic heterocycles. The number of aliphatic hydroxyl groups excluding tert-OH is 1. The van der Waals surface area contributed by atoms with Crippen molar-refractivity contribution >= 4 is 11.6 Å². The highest BCUT2D eigenvalue weighted by atomic mass is 35.5. The van der Waals surface area contributed by atoms with Gasteiger partial charge in [0, 0.05) is 5.02 Å². The Bertz CT molecular complexity index is 496. The standard InChI is InChI=1S/C11H6ClF9O/c12-6-3-1-2-5(4-6)7(22)8(9(13,14)15,10(16,17)18)11(19,20)21/h1-4,7,22H. The number of hydrogen-bond acceptors (Lipinski definition) is 1. The molecule has 0 amide bonds. The van der Waals surface area contributed by atoms with Gasteiger partial charge in [-0.05, 0) is 17.7 Å². The van der Waals surface area contributed by atoms with Crippen molar-refractivity contribution in [3.63, 3.8) is 0 Å². The highest BCUT2D eigenvalue weighted by Crippen LogP contribution is 2.65. The van der Waals surface area contributed by atoms with Gasteiger partial charge in [0.15, 0.2) is 0 Å². The molecule has 0 aliphatic carbocycles. The second kappa shape index (κ2) is 5.48. The molecule has 0 saturated heterocycles. The summed E-state index contributed by atoms with van der Waals surface area (Å²) in [5, 5.41) is 8.91. The second-order valence-electron chi connectivity index (χ2n) is 4.26. The first-order chi connectivity index (χ1) is 9.66. The van der Waals surface area contributed by atoms with E-state index in [4.69, 9.17) is 11.6 Å². The summed E-state index contributed by atoms with van der Waals surface area (Å²) in [5.41, 5.74) is -7.60. The van der Waals surface area contributed by atoms with Gasteiger partial charge in [0.1, 0.15) is 6.10 Å². The Balaban J connectivity index is 3.71. The van der Waals surface area contributed by atoms with E-state index in [-0.39, 0.29) is 0 Å². The molecule has 1 unspecified atom stereocenters. The van der Waals surface area contributed by atoms with Crippen LogP contribution in [0.4, 0.5) is 39.5 Å². The molecule has 1 aromatic rings. The molecule has 0 bridgehead atoms. The molecule has 0 saturated carbocycles. The summed E-state index contributed by atoms with van der Waals surface area (Å²) in [7, 11) is 0. The SMILES string of the molecule is OC(c1cccc(Cl)c1)C(C(F)(F)F)(C(F)(F)F)C(F)(F)F. The molecule has 0 radical (unpaired) electrons. The first-order valence-corrected chi connectivity index (χ1v) is 5.67. The van der Waals surface area contributed by atoms with Crippen LogP contribution in [0.25, 0.3) is 0 Å². The largest absolute Gasteiger partial charge is 0.415 e. The highest BCUT2D eigenvalue weighted by molar-refractivity contribution is 6.30. The minimum absolute atomic E-state index is 0.393. The van der Waals surface area contributed by atoms with Crippen molar-refractivity contribution in [2.24, 2.45) is 5.41 Å². The fourth-order valence-corrected chi connectivity index (χ4v) is 2.07. The van der Waals surface area contributed by atoms with Crippen LogP contribution in [-0.2, 0) is 0 Å². The van der Waals surface area contributed by atoms with Crippen molar-refractivity contribution in [3.05, 3.63) is 34.9 Å². The molecule has 1 atom stereocenters. The first kappa shape index (κ1) is 18.9. The third kappa shape index (κ3) is 2.85. The minimum Gasteiger partial charge on any atom is -0.387 e. The number of hydrogen-bond donors (Lipinski definition) is 1. The lowest BCUT2D eigenvalue weighted by molar-refractivity contribution is -0.449. The first-order valence-electron chi connectivity index (χ1n) is 5.30. The summed E-state index contributed by atoms with van der Waals surface area (Å²) >= 11 is 5.33. The maximum absolute atomic E-state index is 12.8. The van der Waals surface area contributed by atoms with Gasteiger partial charge in [-0.3, -0.25) is 0 Å². The van der Waals surface area contributed by atoms with Crippen molar-refractivity contribution < 1.29 is 44.6 Å². The molecule has 0 fully saturated rings. The van der Waals surface area contributed by atoms with E-state index < -0.39 is 40.6 Å². The van der Waals surface area contributed by atoms with Crippen LogP contribution < -0.4 is 0 Å². The summed E-state index contributed by atoms with van der Waals surface area (Å²) in [6, 6.07) is 2.70. The van der Waals surface area contributed by atoms with E-state index in [1.165, 1.54) is 0 Å². The normalized spacial score (nSPS) is 15.8. The molecule has 0 aliphatic rings. The Labute approximate surface area is 122 Å². The van der Waals surface area contributed by atoms with Gasteiger partial charge in [0.05, 0.1) is 0 Å². The van der Waals surface area contributed by atoms with Crippen LogP contribution in [0.1, 0.15) is 11.7 Å². The molecule has 126 valence electrons. The van der Waals surface area contributed by atoms with E-state index in [0.29, 0.717) is 12.1 Å². The lowest BCUT2D eigenvalue weighted by Crippen LogP contribution is -2.62. The van der Waals surface area contributed by atoms with E-state index >= 15 is 0 Å². The molecule has 11 heteroatoms. The lowest BCUT2D eigenvalue weighted by Gasteiger charge is -2.41. The zero-order valence-corrected chi connectivity index (χ0v) is 10.9. The second-order valence-corrected chi connectivity index (χ2v) is 4.70. The van der Waals surface area contributed by atoms with Gasteiger partial charge >= 0.3 is 18.5 Å². The molecule has 1 rings (SSSR count).